The summed E-state index contributed by atoms with van der Waals surface area (Å²) in [5, 5.41) is 22.1. The topological polar surface area (TPSA) is 105 Å². The van der Waals surface area contributed by atoms with Crippen molar-refractivity contribution in [3.8, 4) is 5.88 Å². The summed E-state index contributed by atoms with van der Waals surface area (Å²) in [5.41, 5.74) is 1.87. The monoisotopic (exact) mass is 345 g/mol. The van der Waals surface area contributed by atoms with E-state index in [-0.39, 0.29) is 6.04 Å². The first-order valence-electron chi connectivity index (χ1n) is 8.49. The van der Waals surface area contributed by atoms with Crippen LogP contribution in [0.2, 0.25) is 0 Å². The maximum Gasteiger partial charge on any atom is 0.404 e. The molecule has 1 amide bonds. The quantitative estimate of drug-likeness (QED) is 0.769. The van der Waals surface area contributed by atoms with E-state index in [1.165, 1.54) is 0 Å². The molecule has 7 nitrogen and oxygen atoms in total. The third-order valence-corrected chi connectivity index (χ3v) is 4.95. The number of aryl methyl sites for hydroxylation is 1. The number of methoxy groups -OCH3 is 1. The molecule has 0 radical (unpaired) electrons. The van der Waals surface area contributed by atoms with E-state index in [0.717, 1.165) is 16.6 Å². The molecule has 0 spiro atoms. The molecule has 1 saturated carbocycles. The molecule has 134 valence electrons. The number of pyridine rings is 2. The second-order valence-electron chi connectivity index (χ2n) is 6.64. The first-order valence-corrected chi connectivity index (χ1v) is 8.49. The third-order valence-electron chi connectivity index (χ3n) is 4.95. The number of hydrogen-bond donors (Lipinski definition) is 3. The highest BCUT2D eigenvalue weighted by Gasteiger charge is 2.33. The number of ether oxygens (including phenoxy) is 1. The van der Waals surface area contributed by atoms with E-state index in [1.807, 2.05) is 12.1 Å². The summed E-state index contributed by atoms with van der Waals surface area (Å²) < 4.78 is 5.19. The van der Waals surface area contributed by atoms with Crippen molar-refractivity contribution in [1.29, 1.82) is 0 Å². The van der Waals surface area contributed by atoms with Crippen LogP contribution in [0.3, 0.4) is 0 Å². The van der Waals surface area contributed by atoms with Crippen LogP contribution in [0.4, 0.5) is 4.79 Å². The maximum atomic E-state index is 10.8. The molecule has 0 aromatic carbocycles. The second-order valence-corrected chi connectivity index (χ2v) is 6.64. The second kappa shape index (κ2) is 7.23. The lowest BCUT2D eigenvalue weighted by atomic mass is 9.79. The summed E-state index contributed by atoms with van der Waals surface area (Å²) >= 11 is 0. The molecule has 3 N–H and O–H groups in total. The molecule has 2 aromatic rings. The zero-order chi connectivity index (χ0) is 17.9. The van der Waals surface area contributed by atoms with E-state index in [2.05, 4.69) is 15.3 Å². The fourth-order valence-corrected chi connectivity index (χ4v) is 3.47. The highest BCUT2D eigenvalue weighted by molar-refractivity contribution is 5.78. The van der Waals surface area contributed by atoms with E-state index < -0.39 is 11.7 Å². The van der Waals surface area contributed by atoms with Crippen molar-refractivity contribution in [2.24, 2.45) is 0 Å². The number of aromatic nitrogens is 2. The molecular weight excluding hydrogens is 322 g/mol. The van der Waals surface area contributed by atoms with Crippen molar-refractivity contribution in [3.63, 3.8) is 0 Å². The van der Waals surface area contributed by atoms with Gasteiger partial charge in [0, 0.05) is 18.3 Å². The SMILES string of the molecule is COc1ccc2nccc(CCC3(O)CCC(NC(=O)O)CC3)c2n1. The predicted molar refractivity (Wildman–Crippen MR) is 92.8 cm³/mol. The Kier molecular flexibility index (Phi) is 5.03. The maximum absolute atomic E-state index is 10.8. The minimum Gasteiger partial charge on any atom is -0.481 e. The van der Waals surface area contributed by atoms with E-state index >= 15 is 0 Å². The van der Waals surface area contributed by atoms with Crippen molar-refractivity contribution in [2.75, 3.05) is 7.11 Å². The first-order chi connectivity index (χ1) is 12.0. The van der Waals surface area contributed by atoms with E-state index in [1.54, 1.807) is 19.4 Å². The molecule has 1 aliphatic rings. The molecule has 2 aromatic heterocycles. The van der Waals surface area contributed by atoms with Crippen molar-refractivity contribution >= 4 is 17.1 Å². The van der Waals surface area contributed by atoms with Crippen molar-refractivity contribution in [1.82, 2.24) is 15.3 Å². The Morgan fingerprint density at radius 3 is 2.80 bits per heavy atom. The lowest BCUT2D eigenvalue weighted by Gasteiger charge is -2.36. The molecule has 7 heteroatoms. The number of nitrogens with one attached hydrogen (secondary N) is 1. The largest absolute Gasteiger partial charge is 0.481 e. The Morgan fingerprint density at radius 1 is 1.36 bits per heavy atom. The van der Waals surface area contributed by atoms with Gasteiger partial charge < -0.3 is 20.3 Å². The predicted octanol–water partition coefficient (Wildman–Crippen LogP) is 2.51. The number of carboxylic acid groups (broad SMARTS) is 1. The van der Waals surface area contributed by atoms with Gasteiger partial charge in [0.25, 0.3) is 0 Å². The van der Waals surface area contributed by atoms with Crippen LogP contribution in [0.5, 0.6) is 5.88 Å². The van der Waals surface area contributed by atoms with Gasteiger partial charge in [-0.2, -0.15) is 0 Å². The highest BCUT2D eigenvalue weighted by Crippen LogP contribution is 2.33. The molecule has 0 saturated heterocycles. The number of aliphatic hydroxyl groups is 1. The van der Waals surface area contributed by atoms with Gasteiger partial charge in [0.1, 0.15) is 0 Å². The smallest absolute Gasteiger partial charge is 0.404 e. The number of carbonyl (C=O) groups is 1. The molecular formula is C18H23N3O4. The molecule has 1 aliphatic carbocycles. The summed E-state index contributed by atoms with van der Waals surface area (Å²) in [6, 6.07) is 5.52. The Morgan fingerprint density at radius 2 is 2.12 bits per heavy atom. The summed E-state index contributed by atoms with van der Waals surface area (Å²) in [4.78, 5) is 19.5. The fourth-order valence-electron chi connectivity index (χ4n) is 3.47. The number of amides is 1. The minimum atomic E-state index is -1.00. The van der Waals surface area contributed by atoms with Crippen molar-refractivity contribution in [3.05, 3.63) is 30.0 Å². The Bertz CT molecular complexity index is 757. The van der Waals surface area contributed by atoms with Gasteiger partial charge in [0.2, 0.25) is 5.88 Å². The van der Waals surface area contributed by atoms with Crippen LogP contribution < -0.4 is 10.1 Å². The van der Waals surface area contributed by atoms with Gasteiger partial charge in [-0.15, -0.1) is 0 Å². The molecule has 0 bridgehead atoms. The number of nitrogens with zero attached hydrogens (tertiary/aromatic N) is 2. The normalized spacial score (nSPS) is 23.4. The van der Waals surface area contributed by atoms with Crippen LogP contribution in [0.15, 0.2) is 24.4 Å². The van der Waals surface area contributed by atoms with Crippen LogP contribution in [0, 0.1) is 0 Å². The van der Waals surface area contributed by atoms with Crippen LogP contribution >= 0.6 is 0 Å². The standard InChI is InChI=1S/C18H23N3O4/c1-25-15-3-2-14-16(21-15)12(7-11-19-14)4-8-18(24)9-5-13(6-10-18)20-17(22)23/h2-3,7,11,13,20,24H,4-6,8-10H2,1H3,(H,22,23). The van der Waals surface area contributed by atoms with Gasteiger partial charge in [-0.25, -0.2) is 9.78 Å². The van der Waals surface area contributed by atoms with Crippen LogP contribution in [-0.2, 0) is 6.42 Å². The van der Waals surface area contributed by atoms with Gasteiger partial charge in [-0.3, -0.25) is 4.98 Å². The van der Waals surface area contributed by atoms with Gasteiger partial charge in [-0.1, -0.05) is 0 Å². The molecule has 0 aliphatic heterocycles. The molecule has 0 unspecified atom stereocenters. The lowest BCUT2D eigenvalue weighted by molar-refractivity contribution is -0.0103. The molecule has 2 heterocycles. The van der Waals surface area contributed by atoms with Gasteiger partial charge in [0.15, 0.2) is 0 Å². The molecule has 25 heavy (non-hydrogen) atoms. The van der Waals surface area contributed by atoms with Crippen molar-refractivity contribution in [2.45, 2.75) is 50.2 Å². The van der Waals surface area contributed by atoms with E-state index in [4.69, 9.17) is 9.84 Å². The van der Waals surface area contributed by atoms with E-state index in [9.17, 15) is 9.90 Å². The van der Waals surface area contributed by atoms with E-state index in [0.29, 0.717) is 44.4 Å². The van der Waals surface area contributed by atoms with Gasteiger partial charge in [0.05, 0.1) is 23.7 Å². The average molecular weight is 345 g/mol. The lowest BCUT2D eigenvalue weighted by Crippen LogP contribution is -2.43. The summed E-state index contributed by atoms with van der Waals surface area (Å²) in [7, 11) is 1.58. The Hall–Kier alpha value is -2.41. The summed E-state index contributed by atoms with van der Waals surface area (Å²) in [6.07, 6.45) is 4.56. The zero-order valence-corrected chi connectivity index (χ0v) is 14.2. The summed E-state index contributed by atoms with van der Waals surface area (Å²) in [6.45, 7) is 0. The van der Waals surface area contributed by atoms with Crippen LogP contribution in [-0.4, -0.2) is 45.0 Å². The number of fused-ring (bicyclic) bond motifs is 1. The average Bonchev–Trinajstić information content (AvgIpc) is 2.61. The van der Waals surface area contributed by atoms with Gasteiger partial charge >= 0.3 is 6.09 Å². The Labute approximate surface area is 146 Å². The fraction of sp³-hybridized carbons (Fsp3) is 0.500. The van der Waals surface area contributed by atoms with Crippen LogP contribution in [0.1, 0.15) is 37.7 Å². The highest BCUT2D eigenvalue weighted by atomic mass is 16.5. The number of hydrogen-bond acceptors (Lipinski definition) is 5. The third kappa shape index (κ3) is 4.17. The molecule has 3 rings (SSSR count). The van der Waals surface area contributed by atoms with Crippen molar-refractivity contribution < 1.29 is 19.7 Å². The zero-order valence-electron chi connectivity index (χ0n) is 14.2. The first kappa shape index (κ1) is 17.4. The van der Waals surface area contributed by atoms with Gasteiger partial charge in [-0.05, 0) is 56.2 Å². The van der Waals surface area contributed by atoms with Crippen LogP contribution in [0.25, 0.3) is 11.0 Å². The minimum absolute atomic E-state index is 0.0644. The Balaban J connectivity index is 1.67. The molecule has 0 atom stereocenters. The number of rotatable bonds is 5. The molecule has 1 fully saturated rings. The summed E-state index contributed by atoms with van der Waals surface area (Å²) in [5.74, 6) is 0.542.